The van der Waals surface area contributed by atoms with Crippen molar-refractivity contribution in [3.05, 3.63) is 18.2 Å². The van der Waals surface area contributed by atoms with E-state index in [9.17, 15) is 18.0 Å². The molecular formula is C23H37N3O6S. The molecule has 0 bridgehead atoms. The van der Waals surface area contributed by atoms with E-state index in [0.717, 1.165) is 0 Å². The Morgan fingerprint density at radius 2 is 1.85 bits per heavy atom. The number of carbonyl (C=O) groups is 2. The van der Waals surface area contributed by atoms with E-state index < -0.39 is 27.6 Å². The van der Waals surface area contributed by atoms with Gasteiger partial charge in [0.1, 0.15) is 16.2 Å². The van der Waals surface area contributed by atoms with Crippen molar-refractivity contribution >= 4 is 27.7 Å². The molecule has 0 aromatic heterocycles. The van der Waals surface area contributed by atoms with Gasteiger partial charge in [0.15, 0.2) is 0 Å². The molecule has 1 unspecified atom stereocenters. The lowest BCUT2D eigenvalue weighted by Crippen LogP contribution is -2.45. The van der Waals surface area contributed by atoms with Crippen molar-refractivity contribution in [1.29, 1.82) is 0 Å². The highest BCUT2D eigenvalue weighted by Crippen LogP contribution is 2.31. The maximum Gasteiger partial charge on any atom is 0.410 e. The highest BCUT2D eigenvalue weighted by Gasteiger charge is 2.32. The summed E-state index contributed by atoms with van der Waals surface area (Å²) in [7, 11) is -3.79. The standard InChI is InChI=1S/C23H37N3O6S/c1-7-26(8-2)33(29,30)20-15-18(12-13-19(20)31-9-3)24-21(27)17-11-10-14-25(16-17)22(28)32-23(4,5)6/h12-13,15,17H,7-11,14,16H2,1-6H3,(H,24,27). The Balaban J connectivity index is 2.21. The molecule has 10 heteroatoms. The van der Waals surface area contributed by atoms with Crippen molar-refractivity contribution < 1.29 is 27.5 Å². The lowest BCUT2D eigenvalue weighted by molar-refractivity contribution is -0.121. The maximum absolute atomic E-state index is 13.1. The molecule has 1 aromatic carbocycles. The third-order valence-corrected chi connectivity index (χ3v) is 7.35. The monoisotopic (exact) mass is 483 g/mol. The zero-order valence-electron chi connectivity index (χ0n) is 20.5. The van der Waals surface area contributed by atoms with Gasteiger partial charge < -0.3 is 19.7 Å². The number of hydrogen-bond donors (Lipinski definition) is 1. The first kappa shape index (κ1) is 26.9. The van der Waals surface area contributed by atoms with Crippen molar-refractivity contribution in [2.45, 2.75) is 64.9 Å². The van der Waals surface area contributed by atoms with Crippen LogP contribution in [0.3, 0.4) is 0 Å². The van der Waals surface area contributed by atoms with E-state index in [2.05, 4.69) is 5.32 Å². The van der Waals surface area contributed by atoms with E-state index in [1.807, 2.05) is 0 Å². The summed E-state index contributed by atoms with van der Waals surface area (Å²) in [5, 5.41) is 2.82. The summed E-state index contributed by atoms with van der Waals surface area (Å²) < 4.78 is 38.6. The Bertz CT molecular complexity index is 938. The zero-order valence-corrected chi connectivity index (χ0v) is 21.3. The van der Waals surface area contributed by atoms with Gasteiger partial charge in [-0.05, 0) is 58.7 Å². The van der Waals surface area contributed by atoms with Gasteiger partial charge in [0.25, 0.3) is 0 Å². The number of carbonyl (C=O) groups excluding carboxylic acids is 2. The molecule has 0 saturated carbocycles. The molecule has 1 aliphatic heterocycles. The molecule has 1 atom stereocenters. The number of likely N-dealkylation sites (tertiary alicyclic amines) is 1. The van der Waals surface area contributed by atoms with E-state index in [1.54, 1.807) is 58.6 Å². The number of piperidine rings is 1. The smallest absolute Gasteiger partial charge is 0.410 e. The van der Waals surface area contributed by atoms with E-state index in [1.165, 1.54) is 10.4 Å². The van der Waals surface area contributed by atoms with Crippen LogP contribution < -0.4 is 10.1 Å². The Kier molecular flexibility index (Phi) is 9.13. The van der Waals surface area contributed by atoms with Crippen LogP contribution in [0, 0.1) is 5.92 Å². The molecule has 1 aromatic rings. The first-order valence-corrected chi connectivity index (χ1v) is 12.9. The predicted molar refractivity (Wildman–Crippen MR) is 127 cm³/mol. The molecule has 186 valence electrons. The average molecular weight is 484 g/mol. The minimum atomic E-state index is -3.79. The van der Waals surface area contributed by atoms with Gasteiger partial charge in [-0.1, -0.05) is 13.8 Å². The molecule has 2 rings (SSSR count). The molecule has 1 saturated heterocycles. The molecule has 1 N–H and O–H groups in total. The van der Waals surface area contributed by atoms with Crippen LogP contribution in [0.15, 0.2) is 23.1 Å². The van der Waals surface area contributed by atoms with Crippen LogP contribution in [-0.4, -0.2) is 68.0 Å². The minimum absolute atomic E-state index is 0.0184. The van der Waals surface area contributed by atoms with Crippen LogP contribution in [-0.2, 0) is 19.6 Å². The number of rotatable bonds is 8. The number of benzene rings is 1. The summed E-state index contributed by atoms with van der Waals surface area (Å²) in [5.74, 6) is -0.435. The van der Waals surface area contributed by atoms with Crippen LogP contribution in [0.5, 0.6) is 5.75 Å². The fourth-order valence-electron chi connectivity index (χ4n) is 3.69. The molecule has 33 heavy (non-hydrogen) atoms. The summed E-state index contributed by atoms with van der Waals surface area (Å²) in [6.07, 6.45) is 0.878. The lowest BCUT2D eigenvalue weighted by atomic mass is 9.97. The van der Waals surface area contributed by atoms with Crippen molar-refractivity contribution in [1.82, 2.24) is 9.21 Å². The van der Waals surface area contributed by atoms with Gasteiger partial charge in [0.05, 0.1) is 12.5 Å². The van der Waals surface area contributed by atoms with Gasteiger partial charge in [0, 0.05) is 31.9 Å². The highest BCUT2D eigenvalue weighted by atomic mass is 32.2. The molecule has 2 amide bonds. The average Bonchev–Trinajstić information content (AvgIpc) is 2.74. The first-order chi connectivity index (χ1) is 15.4. The number of amides is 2. The third kappa shape index (κ3) is 7.07. The Morgan fingerprint density at radius 3 is 2.42 bits per heavy atom. The van der Waals surface area contributed by atoms with Gasteiger partial charge in [-0.3, -0.25) is 4.79 Å². The number of anilines is 1. The summed E-state index contributed by atoms with van der Waals surface area (Å²) in [6, 6.07) is 4.62. The SMILES string of the molecule is CCOc1ccc(NC(=O)C2CCCN(C(=O)OC(C)(C)C)C2)cc1S(=O)(=O)N(CC)CC. The second-order valence-corrected chi connectivity index (χ2v) is 10.8. The van der Waals surface area contributed by atoms with Crippen molar-refractivity contribution in [2.75, 3.05) is 38.1 Å². The van der Waals surface area contributed by atoms with Gasteiger partial charge in [-0.25, -0.2) is 13.2 Å². The third-order valence-electron chi connectivity index (χ3n) is 5.28. The van der Waals surface area contributed by atoms with Gasteiger partial charge in [-0.15, -0.1) is 0 Å². The number of hydrogen-bond acceptors (Lipinski definition) is 6. The normalized spacial score (nSPS) is 17.1. The summed E-state index contributed by atoms with van der Waals surface area (Å²) >= 11 is 0. The fraction of sp³-hybridized carbons (Fsp3) is 0.652. The summed E-state index contributed by atoms with van der Waals surface area (Å²) in [4.78, 5) is 26.9. The van der Waals surface area contributed by atoms with Crippen molar-refractivity contribution in [3.8, 4) is 5.75 Å². The molecule has 0 aliphatic carbocycles. The quantitative estimate of drug-likeness (QED) is 0.604. The number of nitrogens with zero attached hydrogens (tertiary/aromatic N) is 2. The largest absolute Gasteiger partial charge is 0.492 e. The van der Waals surface area contributed by atoms with Crippen LogP contribution in [0.4, 0.5) is 10.5 Å². The molecule has 0 radical (unpaired) electrons. The minimum Gasteiger partial charge on any atom is -0.492 e. The topological polar surface area (TPSA) is 105 Å². The van der Waals surface area contributed by atoms with Gasteiger partial charge in [0.2, 0.25) is 15.9 Å². The number of ether oxygens (including phenoxy) is 2. The Hall–Kier alpha value is -2.33. The van der Waals surface area contributed by atoms with Crippen LogP contribution in [0.25, 0.3) is 0 Å². The van der Waals surface area contributed by atoms with Gasteiger partial charge >= 0.3 is 6.09 Å². The number of sulfonamides is 1. The molecule has 1 heterocycles. The van der Waals surface area contributed by atoms with Crippen LogP contribution in [0.1, 0.15) is 54.4 Å². The maximum atomic E-state index is 13.1. The van der Waals surface area contributed by atoms with Crippen LogP contribution >= 0.6 is 0 Å². The van der Waals surface area contributed by atoms with E-state index >= 15 is 0 Å². The van der Waals surface area contributed by atoms with Crippen molar-refractivity contribution in [2.24, 2.45) is 5.92 Å². The van der Waals surface area contributed by atoms with Crippen molar-refractivity contribution in [3.63, 3.8) is 0 Å². The highest BCUT2D eigenvalue weighted by molar-refractivity contribution is 7.89. The van der Waals surface area contributed by atoms with E-state index in [4.69, 9.17) is 9.47 Å². The lowest BCUT2D eigenvalue weighted by Gasteiger charge is -2.33. The number of nitrogens with one attached hydrogen (secondary N) is 1. The molecule has 1 fully saturated rings. The second kappa shape index (κ2) is 11.2. The molecule has 9 nitrogen and oxygen atoms in total. The van der Waals surface area contributed by atoms with E-state index in [-0.39, 0.29) is 23.1 Å². The van der Waals surface area contributed by atoms with Crippen LogP contribution in [0.2, 0.25) is 0 Å². The fourth-order valence-corrected chi connectivity index (χ4v) is 5.31. The summed E-state index contributed by atoms with van der Waals surface area (Å²) in [6.45, 7) is 12.5. The Morgan fingerprint density at radius 1 is 1.18 bits per heavy atom. The predicted octanol–water partition coefficient (Wildman–Crippen LogP) is 3.70. The second-order valence-electron chi connectivity index (χ2n) is 8.94. The zero-order chi connectivity index (χ0) is 24.8. The molecule has 0 spiro atoms. The van der Waals surface area contributed by atoms with E-state index in [0.29, 0.717) is 44.8 Å². The molecule has 1 aliphatic rings. The summed E-state index contributed by atoms with van der Waals surface area (Å²) in [5.41, 5.74) is -0.245. The molecular weight excluding hydrogens is 446 g/mol. The first-order valence-electron chi connectivity index (χ1n) is 11.5. The Labute approximate surface area is 197 Å². The van der Waals surface area contributed by atoms with Gasteiger partial charge in [-0.2, -0.15) is 4.31 Å².